The first-order chi connectivity index (χ1) is 9.88. The molecule has 2 rings (SSSR count). The molecule has 5 heteroatoms. The van der Waals surface area contributed by atoms with Crippen molar-refractivity contribution in [2.75, 3.05) is 0 Å². The topological polar surface area (TPSA) is 59.1 Å². The molecule has 1 amide bonds. The largest absolute Gasteiger partial charge is 0.343 e. The number of hydrogen-bond acceptors (Lipinski definition) is 4. The molecule has 0 aliphatic heterocycles. The van der Waals surface area contributed by atoms with Crippen LogP contribution in [0.3, 0.4) is 0 Å². The number of ketones is 1. The molecule has 1 heterocycles. The zero-order chi connectivity index (χ0) is 15.5. The Balaban J connectivity index is 2.00. The number of Topliss-reactive ketones (excluding diaryl/α,β-unsaturated/α-hetero) is 1. The SMILES string of the molecule is CC(C)(C)c1ccc(C(=O)C(=O)NCc2ccsn2)cc1. The highest BCUT2D eigenvalue weighted by Gasteiger charge is 2.18. The number of nitrogens with zero attached hydrogens (tertiary/aromatic N) is 1. The molecular formula is C16H18N2O2S. The summed E-state index contributed by atoms with van der Waals surface area (Å²) in [7, 11) is 0. The fourth-order valence-corrected chi connectivity index (χ4v) is 2.37. The number of amides is 1. The van der Waals surface area contributed by atoms with Crippen LogP contribution < -0.4 is 5.32 Å². The lowest BCUT2D eigenvalue weighted by molar-refractivity contribution is -0.117. The normalized spacial score (nSPS) is 11.2. The van der Waals surface area contributed by atoms with Crippen molar-refractivity contribution >= 4 is 23.2 Å². The fourth-order valence-electron chi connectivity index (χ4n) is 1.83. The molecule has 0 atom stereocenters. The van der Waals surface area contributed by atoms with Gasteiger partial charge in [0.2, 0.25) is 5.78 Å². The molecule has 1 N–H and O–H groups in total. The van der Waals surface area contributed by atoms with Gasteiger partial charge in [-0.1, -0.05) is 45.0 Å². The van der Waals surface area contributed by atoms with Gasteiger partial charge in [-0.2, -0.15) is 4.37 Å². The summed E-state index contributed by atoms with van der Waals surface area (Å²) in [6.45, 7) is 6.58. The molecule has 1 aromatic carbocycles. The van der Waals surface area contributed by atoms with Crippen molar-refractivity contribution in [3.05, 3.63) is 52.5 Å². The maximum Gasteiger partial charge on any atom is 0.292 e. The Hall–Kier alpha value is -2.01. The third-order valence-electron chi connectivity index (χ3n) is 3.14. The van der Waals surface area contributed by atoms with E-state index in [4.69, 9.17) is 0 Å². The number of hydrogen-bond donors (Lipinski definition) is 1. The van der Waals surface area contributed by atoms with Crippen molar-refractivity contribution in [3.63, 3.8) is 0 Å². The summed E-state index contributed by atoms with van der Waals surface area (Å²) in [4.78, 5) is 23.9. The van der Waals surface area contributed by atoms with Crippen LogP contribution in [0.15, 0.2) is 35.7 Å². The number of nitrogens with one attached hydrogen (secondary N) is 1. The minimum Gasteiger partial charge on any atom is -0.343 e. The third kappa shape index (κ3) is 3.98. The van der Waals surface area contributed by atoms with E-state index in [2.05, 4.69) is 30.5 Å². The van der Waals surface area contributed by atoms with Gasteiger partial charge in [0.05, 0.1) is 12.2 Å². The summed E-state index contributed by atoms with van der Waals surface area (Å²) < 4.78 is 4.07. The van der Waals surface area contributed by atoms with Crippen molar-refractivity contribution in [1.29, 1.82) is 0 Å². The van der Waals surface area contributed by atoms with E-state index in [-0.39, 0.29) is 12.0 Å². The number of aromatic nitrogens is 1. The first-order valence-corrected chi connectivity index (χ1v) is 7.54. The van der Waals surface area contributed by atoms with Crippen LogP contribution in [-0.2, 0) is 16.8 Å². The minimum absolute atomic E-state index is 0.0223. The minimum atomic E-state index is -0.605. The van der Waals surface area contributed by atoms with Crippen LogP contribution in [0.25, 0.3) is 0 Å². The van der Waals surface area contributed by atoms with Crippen molar-refractivity contribution in [1.82, 2.24) is 9.69 Å². The van der Waals surface area contributed by atoms with Crippen LogP contribution in [0.2, 0.25) is 0 Å². The van der Waals surface area contributed by atoms with Gasteiger partial charge in [0.15, 0.2) is 0 Å². The first-order valence-electron chi connectivity index (χ1n) is 6.70. The van der Waals surface area contributed by atoms with Crippen LogP contribution in [0, 0.1) is 0 Å². The Morgan fingerprint density at radius 1 is 1.14 bits per heavy atom. The molecule has 0 bridgehead atoms. The monoisotopic (exact) mass is 302 g/mol. The van der Waals surface area contributed by atoms with Gasteiger partial charge in [0.1, 0.15) is 0 Å². The summed E-state index contributed by atoms with van der Waals surface area (Å²) >= 11 is 1.31. The highest BCUT2D eigenvalue weighted by molar-refractivity contribution is 7.03. The van der Waals surface area contributed by atoms with Gasteiger partial charge in [0, 0.05) is 10.9 Å². The van der Waals surface area contributed by atoms with E-state index in [0.717, 1.165) is 11.3 Å². The highest BCUT2D eigenvalue weighted by atomic mass is 32.1. The van der Waals surface area contributed by atoms with Crippen molar-refractivity contribution in [2.24, 2.45) is 0 Å². The molecule has 2 aromatic rings. The Morgan fingerprint density at radius 3 is 2.33 bits per heavy atom. The highest BCUT2D eigenvalue weighted by Crippen LogP contribution is 2.22. The molecule has 0 radical (unpaired) electrons. The van der Waals surface area contributed by atoms with Crippen LogP contribution in [0.5, 0.6) is 0 Å². The zero-order valence-corrected chi connectivity index (χ0v) is 13.2. The molecule has 0 spiro atoms. The van der Waals surface area contributed by atoms with Crippen LogP contribution >= 0.6 is 11.5 Å². The molecule has 21 heavy (non-hydrogen) atoms. The van der Waals surface area contributed by atoms with Crippen molar-refractivity contribution in [3.8, 4) is 0 Å². The molecule has 0 unspecified atom stereocenters. The molecule has 1 aromatic heterocycles. The molecule has 4 nitrogen and oxygen atoms in total. The second-order valence-electron chi connectivity index (χ2n) is 5.83. The smallest absolute Gasteiger partial charge is 0.292 e. The first kappa shape index (κ1) is 15.4. The van der Waals surface area contributed by atoms with E-state index in [1.165, 1.54) is 11.5 Å². The summed E-state index contributed by atoms with van der Waals surface area (Å²) in [5.74, 6) is -1.13. The van der Waals surface area contributed by atoms with Crippen molar-refractivity contribution < 1.29 is 9.59 Å². The van der Waals surface area contributed by atoms with Gasteiger partial charge in [-0.15, -0.1) is 0 Å². The predicted octanol–water partition coefficient (Wildman–Crippen LogP) is 2.94. The fraction of sp³-hybridized carbons (Fsp3) is 0.312. The van der Waals surface area contributed by atoms with Crippen LogP contribution in [0.1, 0.15) is 42.4 Å². The maximum atomic E-state index is 12.0. The van der Waals surface area contributed by atoms with E-state index < -0.39 is 11.7 Å². The number of rotatable bonds is 4. The number of benzene rings is 1. The third-order valence-corrected chi connectivity index (χ3v) is 3.74. The van der Waals surface area contributed by atoms with E-state index >= 15 is 0 Å². The molecule has 0 fully saturated rings. The van der Waals surface area contributed by atoms with E-state index in [1.807, 2.05) is 23.6 Å². The van der Waals surface area contributed by atoms with E-state index in [0.29, 0.717) is 5.56 Å². The average molecular weight is 302 g/mol. The molecule has 0 saturated heterocycles. The van der Waals surface area contributed by atoms with Gasteiger partial charge >= 0.3 is 0 Å². The lowest BCUT2D eigenvalue weighted by Gasteiger charge is -2.18. The van der Waals surface area contributed by atoms with E-state index in [9.17, 15) is 9.59 Å². The molecule has 0 aliphatic carbocycles. The van der Waals surface area contributed by atoms with Gasteiger partial charge in [-0.25, -0.2) is 0 Å². The summed E-state index contributed by atoms with van der Waals surface area (Å²) in [5, 5.41) is 4.41. The van der Waals surface area contributed by atoms with Gasteiger partial charge < -0.3 is 5.32 Å². The standard InChI is InChI=1S/C16H18N2O2S/c1-16(2,3)12-6-4-11(5-7-12)14(19)15(20)17-10-13-8-9-21-18-13/h4-9H,10H2,1-3H3,(H,17,20). The Bertz CT molecular complexity index is 625. The Morgan fingerprint density at radius 2 is 1.81 bits per heavy atom. The van der Waals surface area contributed by atoms with Crippen molar-refractivity contribution in [2.45, 2.75) is 32.7 Å². The molecule has 0 aliphatic rings. The molecule has 0 saturated carbocycles. The van der Waals surface area contributed by atoms with Gasteiger partial charge in [-0.05, 0) is 28.6 Å². The van der Waals surface area contributed by atoms with Crippen LogP contribution in [0.4, 0.5) is 0 Å². The zero-order valence-electron chi connectivity index (χ0n) is 12.3. The van der Waals surface area contributed by atoms with Gasteiger partial charge in [-0.3, -0.25) is 9.59 Å². The second kappa shape index (κ2) is 6.18. The number of carbonyl (C=O) groups excluding carboxylic acids is 2. The molecule has 110 valence electrons. The molecular weight excluding hydrogens is 284 g/mol. The maximum absolute atomic E-state index is 12.0. The summed E-state index contributed by atoms with van der Waals surface area (Å²) in [6.07, 6.45) is 0. The lowest BCUT2D eigenvalue weighted by atomic mass is 9.86. The quantitative estimate of drug-likeness (QED) is 0.698. The Labute approximate surface area is 128 Å². The van der Waals surface area contributed by atoms with Crippen LogP contribution in [-0.4, -0.2) is 16.1 Å². The summed E-state index contributed by atoms with van der Waals surface area (Å²) in [5.41, 5.74) is 2.30. The second-order valence-corrected chi connectivity index (χ2v) is 6.50. The van der Waals surface area contributed by atoms with Gasteiger partial charge in [0.25, 0.3) is 5.91 Å². The summed E-state index contributed by atoms with van der Waals surface area (Å²) in [6, 6.07) is 8.99. The average Bonchev–Trinajstić information content (AvgIpc) is 2.96. The van der Waals surface area contributed by atoms with E-state index in [1.54, 1.807) is 12.1 Å². The lowest BCUT2D eigenvalue weighted by Crippen LogP contribution is -2.30. The number of carbonyl (C=O) groups is 2. The Kier molecular flexibility index (Phi) is 4.53. The predicted molar refractivity (Wildman–Crippen MR) is 83.4 cm³/mol.